The zero-order valence-corrected chi connectivity index (χ0v) is 10.9. The van der Waals surface area contributed by atoms with Gasteiger partial charge >= 0.3 is 0 Å². The van der Waals surface area contributed by atoms with Crippen LogP contribution in [0.4, 0.5) is 0 Å². The van der Waals surface area contributed by atoms with Crippen LogP contribution < -0.4 is 5.73 Å². The number of nitrogens with two attached hydrogens (primary N) is 1. The molecule has 0 radical (unpaired) electrons. The van der Waals surface area contributed by atoms with Gasteiger partial charge in [0.2, 0.25) is 0 Å². The highest BCUT2D eigenvalue weighted by Crippen LogP contribution is 2.21. The van der Waals surface area contributed by atoms with Crippen LogP contribution in [0, 0.1) is 0 Å². The highest BCUT2D eigenvalue weighted by atomic mass is 35.5. The highest BCUT2D eigenvalue weighted by molar-refractivity contribution is 7.92. The summed E-state index contributed by atoms with van der Waals surface area (Å²) in [6, 6.07) is 6.43. The average molecular weight is 262 g/mol. The minimum Gasteiger partial charge on any atom is -0.323 e. The summed E-state index contributed by atoms with van der Waals surface area (Å²) >= 11 is 5.75. The van der Waals surface area contributed by atoms with Crippen molar-refractivity contribution < 1.29 is 8.42 Å². The van der Waals surface area contributed by atoms with Crippen molar-refractivity contribution in [2.75, 3.05) is 5.75 Å². The molecule has 0 saturated heterocycles. The molecule has 2 N–H and O–H groups in total. The zero-order valence-electron chi connectivity index (χ0n) is 9.35. The lowest BCUT2D eigenvalue weighted by molar-refractivity contribution is 0.566. The molecular weight excluding hydrogens is 246 g/mol. The Morgan fingerprint density at radius 2 is 1.81 bits per heavy atom. The number of hydrogen-bond acceptors (Lipinski definition) is 3. The fourth-order valence-electron chi connectivity index (χ4n) is 1.44. The third kappa shape index (κ3) is 2.97. The molecule has 1 aromatic rings. The summed E-state index contributed by atoms with van der Waals surface area (Å²) in [5, 5.41) is 0.0284. The van der Waals surface area contributed by atoms with Gasteiger partial charge in [0.1, 0.15) is 0 Å². The summed E-state index contributed by atoms with van der Waals surface area (Å²) < 4.78 is 23.3. The summed E-state index contributed by atoms with van der Waals surface area (Å²) in [6.45, 7) is 3.26. The van der Waals surface area contributed by atoms with E-state index in [4.69, 9.17) is 17.3 Å². The molecule has 0 fully saturated rings. The maximum Gasteiger partial charge on any atom is 0.154 e. The second-order valence-electron chi connectivity index (χ2n) is 3.73. The van der Waals surface area contributed by atoms with Crippen LogP contribution in [0.25, 0.3) is 0 Å². The molecule has 1 aromatic carbocycles. The van der Waals surface area contributed by atoms with Gasteiger partial charge in [0, 0.05) is 16.8 Å². The SMILES string of the molecule is CCS(=O)(=O)C(C)C(N)c1ccc(Cl)cc1. The predicted molar refractivity (Wildman–Crippen MR) is 67.3 cm³/mol. The van der Waals surface area contributed by atoms with Gasteiger partial charge in [-0.15, -0.1) is 0 Å². The number of hydrogen-bond donors (Lipinski definition) is 1. The van der Waals surface area contributed by atoms with Crippen molar-refractivity contribution in [3.63, 3.8) is 0 Å². The second kappa shape index (κ2) is 5.17. The van der Waals surface area contributed by atoms with E-state index in [1.165, 1.54) is 0 Å². The molecule has 0 saturated carbocycles. The molecule has 5 heteroatoms. The molecule has 0 aliphatic heterocycles. The Balaban J connectivity index is 2.94. The van der Waals surface area contributed by atoms with Gasteiger partial charge in [-0.3, -0.25) is 0 Å². The van der Waals surface area contributed by atoms with E-state index in [9.17, 15) is 8.42 Å². The minimum atomic E-state index is -3.11. The molecular formula is C11H16ClNO2S. The van der Waals surface area contributed by atoms with E-state index < -0.39 is 21.1 Å². The lowest BCUT2D eigenvalue weighted by atomic mass is 10.1. The number of rotatable bonds is 4. The number of sulfone groups is 1. The Morgan fingerprint density at radius 3 is 2.25 bits per heavy atom. The van der Waals surface area contributed by atoms with Crippen molar-refractivity contribution in [2.45, 2.75) is 25.1 Å². The van der Waals surface area contributed by atoms with Crippen LogP contribution in [0.5, 0.6) is 0 Å². The van der Waals surface area contributed by atoms with Gasteiger partial charge in [0.05, 0.1) is 5.25 Å². The first-order valence-electron chi connectivity index (χ1n) is 5.11. The largest absolute Gasteiger partial charge is 0.323 e. The molecule has 0 bridgehead atoms. The van der Waals surface area contributed by atoms with Crippen LogP contribution in [-0.4, -0.2) is 19.4 Å². The summed E-state index contributed by atoms with van der Waals surface area (Å²) in [5.74, 6) is 0.107. The van der Waals surface area contributed by atoms with Crippen LogP contribution in [-0.2, 0) is 9.84 Å². The van der Waals surface area contributed by atoms with Gasteiger partial charge in [0.25, 0.3) is 0 Å². The topological polar surface area (TPSA) is 60.2 Å². The van der Waals surface area contributed by atoms with E-state index in [2.05, 4.69) is 0 Å². The van der Waals surface area contributed by atoms with E-state index in [-0.39, 0.29) is 5.75 Å². The maximum atomic E-state index is 11.7. The highest BCUT2D eigenvalue weighted by Gasteiger charge is 2.26. The molecule has 16 heavy (non-hydrogen) atoms. The average Bonchev–Trinajstić information content (AvgIpc) is 2.28. The Kier molecular flexibility index (Phi) is 4.35. The second-order valence-corrected chi connectivity index (χ2v) is 6.82. The molecule has 3 nitrogen and oxygen atoms in total. The number of benzene rings is 1. The predicted octanol–water partition coefficient (Wildman–Crippen LogP) is 2.16. The first-order chi connectivity index (χ1) is 7.38. The fraction of sp³-hybridized carbons (Fsp3) is 0.455. The lowest BCUT2D eigenvalue weighted by Crippen LogP contribution is -2.32. The summed E-state index contributed by atoms with van der Waals surface area (Å²) in [7, 11) is -3.11. The first-order valence-corrected chi connectivity index (χ1v) is 7.20. The van der Waals surface area contributed by atoms with Gasteiger partial charge in [-0.2, -0.15) is 0 Å². The van der Waals surface area contributed by atoms with Gasteiger partial charge < -0.3 is 5.73 Å². The maximum absolute atomic E-state index is 11.7. The van der Waals surface area contributed by atoms with Crippen LogP contribution in [0.3, 0.4) is 0 Å². The summed E-state index contributed by atoms with van der Waals surface area (Å²) in [6.07, 6.45) is 0. The van der Waals surface area contributed by atoms with Crippen molar-refractivity contribution in [1.82, 2.24) is 0 Å². The third-order valence-corrected chi connectivity index (χ3v) is 5.21. The monoisotopic (exact) mass is 261 g/mol. The molecule has 0 aliphatic rings. The van der Waals surface area contributed by atoms with Gasteiger partial charge in [0.15, 0.2) is 9.84 Å². The van der Waals surface area contributed by atoms with Crippen LogP contribution in [0.15, 0.2) is 24.3 Å². The van der Waals surface area contributed by atoms with E-state index >= 15 is 0 Å². The Bertz CT molecular complexity index is 442. The zero-order chi connectivity index (χ0) is 12.3. The molecule has 2 atom stereocenters. The molecule has 90 valence electrons. The normalized spacial score (nSPS) is 15.8. The Morgan fingerprint density at radius 1 is 1.31 bits per heavy atom. The van der Waals surface area contributed by atoms with Crippen molar-refractivity contribution in [3.8, 4) is 0 Å². The van der Waals surface area contributed by atoms with Crippen molar-refractivity contribution >= 4 is 21.4 Å². The quantitative estimate of drug-likeness (QED) is 0.904. The van der Waals surface area contributed by atoms with Crippen molar-refractivity contribution in [3.05, 3.63) is 34.9 Å². The molecule has 0 aliphatic carbocycles. The minimum absolute atomic E-state index is 0.107. The van der Waals surface area contributed by atoms with Crippen LogP contribution in [0.1, 0.15) is 25.5 Å². The van der Waals surface area contributed by atoms with Gasteiger partial charge in [-0.25, -0.2) is 8.42 Å². The third-order valence-electron chi connectivity index (χ3n) is 2.73. The van der Waals surface area contributed by atoms with Gasteiger partial charge in [-0.1, -0.05) is 30.7 Å². The van der Waals surface area contributed by atoms with E-state index in [0.717, 1.165) is 5.56 Å². The Hall–Kier alpha value is -0.580. The fourth-order valence-corrected chi connectivity index (χ4v) is 2.70. The molecule has 2 unspecified atom stereocenters. The van der Waals surface area contributed by atoms with Crippen molar-refractivity contribution in [1.29, 1.82) is 0 Å². The number of halogens is 1. The molecule has 0 amide bonds. The Labute approximate surface area is 102 Å². The van der Waals surface area contributed by atoms with Gasteiger partial charge in [-0.05, 0) is 24.6 Å². The smallest absolute Gasteiger partial charge is 0.154 e. The van der Waals surface area contributed by atoms with E-state index in [0.29, 0.717) is 5.02 Å². The van der Waals surface area contributed by atoms with E-state index in [1.54, 1.807) is 38.1 Å². The molecule has 0 aromatic heterocycles. The van der Waals surface area contributed by atoms with Crippen LogP contribution in [0.2, 0.25) is 5.02 Å². The lowest BCUT2D eigenvalue weighted by Gasteiger charge is -2.19. The molecule has 1 rings (SSSR count). The first kappa shape index (κ1) is 13.5. The molecule has 0 spiro atoms. The summed E-state index contributed by atoms with van der Waals surface area (Å²) in [4.78, 5) is 0. The van der Waals surface area contributed by atoms with Crippen molar-refractivity contribution in [2.24, 2.45) is 5.73 Å². The van der Waals surface area contributed by atoms with Crippen LogP contribution >= 0.6 is 11.6 Å². The van der Waals surface area contributed by atoms with E-state index in [1.807, 2.05) is 0 Å². The standard InChI is InChI=1S/C11H16ClNO2S/c1-3-16(14,15)8(2)11(13)9-4-6-10(12)7-5-9/h4-8,11H,3,13H2,1-2H3. The summed E-state index contributed by atoms with van der Waals surface area (Å²) in [5.41, 5.74) is 6.71. The molecule has 0 heterocycles.